The zero-order valence-electron chi connectivity index (χ0n) is 15.7. The molecule has 0 amide bonds. The van der Waals surface area contributed by atoms with Gasteiger partial charge in [-0.25, -0.2) is 4.79 Å². The quantitative estimate of drug-likeness (QED) is 0.320. The van der Waals surface area contributed by atoms with Crippen LogP contribution in [0.4, 0.5) is 5.82 Å². The molecule has 2 heterocycles. The number of aliphatic hydroxyl groups is 2. The number of anilines is 1. The van der Waals surface area contributed by atoms with Crippen molar-refractivity contribution in [3.63, 3.8) is 0 Å². The molecule has 1 aromatic heterocycles. The summed E-state index contributed by atoms with van der Waals surface area (Å²) in [4.78, 5) is 34.4. The lowest BCUT2D eigenvalue weighted by Gasteiger charge is -2.16. The van der Waals surface area contributed by atoms with E-state index in [0.717, 1.165) is 4.57 Å². The van der Waals surface area contributed by atoms with Gasteiger partial charge >= 0.3 is 21.5 Å². The van der Waals surface area contributed by atoms with E-state index in [1.165, 1.54) is 36.5 Å². The first kappa shape index (κ1) is 23.6. The van der Waals surface area contributed by atoms with E-state index in [-0.39, 0.29) is 11.4 Å². The fourth-order valence-electron chi connectivity index (χ4n) is 2.90. The van der Waals surface area contributed by atoms with Gasteiger partial charge in [0.1, 0.15) is 30.7 Å². The molecule has 0 radical (unpaired) electrons. The van der Waals surface area contributed by atoms with Crippen LogP contribution in [0.1, 0.15) is 17.6 Å². The van der Waals surface area contributed by atoms with Crippen molar-refractivity contribution in [2.24, 2.45) is 0 Å². The molecule has 0 bridgehead atoms. The van der Waals surface area contributed by atoms with E-state index in [1.54, 1.807) is 6.07 Å². The van der Waals surface area contributed by atoms with Crippen molar-refractivity contribution in [1.82, 2.24) is 9.55 Å². The first-order valence-electron chi connectivity index (χ1n) is 8.81. The lowest BCUT2D eigenvalue weighted by molar-refractivity contribution is -0.0523. The molecule has 1 aliphatic heterocycles. The average molecular weight is 476 g/mol. The molecule has 1 unspecified atom stereocenters. The Labute approximate surface area is 176 Å². The van der Waals surface area contributed by atoms with Gasteiger partial charge in [0.15, 0.2) is 6.23 Å². The zero-order valence-corrected chi connectivity index (χ0v) is 17.5. The summed E-state index contributed by atoms with van der Waals surface area (Å²) in [6, 6.07) is 8.73. The summed E-state index contributed by atoms with van der Waals surface area (Å²) in [5.74, 6) is -1.87. The number of benzene rings is 1. The van der Waals surface area contributed by atoms with Crippen LogP contribution in [0, 0.1) is 0 Å². The Kier molecular flexibility index (Phi) is 7.32. The van der Waals surface area contributed by atoms with Crippen LogP contribution in [0.3, 0.4) is 0 Å². The van der Waals surface area contributed by atoms with Crippen LogP contribution in [0.2, 0.25) is 0 Å². The van der Waals surface area contributed by atoms with Gasteiger partial charge in [-0.15, -0.1) is 4.52 Å². The molecule has 1 fully saturated rings. The molecule has 2 aromatic rings. The molecule has 3 rings (SSSR count). The molecule has 0 aliphatic carbocycles. The summed E-state index contributed by atoms with van der Waals surface area (Å²) in [6.45, 7) is -0.566. The Morgan fingerprint density at radius 3 is 2.52 bits per heavy atom. The summed E-state index contributed by atoms with van der Waals surface area (Å²) in [7, 11) is -7.89. The first-order chi connectivity index (χ1) is 14.6. The normalized spacial score (nSPS) is 25.4. The SMILES string of the molecule is Nc1ccn([C@@H]2O[C@H](CO[P+](=O)O[C@@H](c3ccccc3)P(=O)(O)O)[C@@H](O)[C@H]2O)c(=O)n1. The number of nitrogens with two attached hydrogens (primary N) is 1. The molecule has 13 nitrogen and oxygen atoms in total. The highest BCUT2D eigenvalue weighted by Crippen LogP contribution is 2.56. The maximum atomic E-state index is 12.1. The summed E-state index contributed by atoms with van der Waals surface area (Å²) in [5, 5.41) is 20.3. The minimum atomic E-state index is -4.84. The van der Waals surface area contributed by atoms with Crippen molar-refractivity contribution in [3.8, 4) is 0 Å². The molecule has 1 aliphatic rings. The molecule has 6 N–H and O–H groups in total. The van der Waals surface area contributed by atoms with Crippen LogP contribution in [-0.4, -0.2) is 54.5 Å². The predicted octanol–water partition coefficient (Wildman–Crippen LogP) is 0.0118. The van der Waals surface area contributed by atoms with Gasteiger partial charge in [-0.05, 0) is 11.6 Å². The minimum absolute atomic E-state index is 0.0404. The van der Waals surface area contributed by atoms with Crippen molar-refractivity contribution in [2.75, 3.05) is 12.3 Å². The van der Waals surface area contributed by atoms with Crippen molar-refractivity contribution < 1.29 is 42.9 Å². The Hall–Kier alpha value is -2.05. The standard InChI is InChI=1S/C16H19N3O10P2/c17-11-6-7-19(16(22)18-11)14-13(21)12(20)10(28-14)8-27-30(23)29-15(31(24,25)26)9-4-2-1-3-5-9/h1-7,10,12-15,20-21H,8H2,(H3-,17,18,22,24,25,26)/p+1/t10-,12-,13-,14-,15-/m1/s1. The minimum Gasteiger partial charge on any atom is -0.387 e. The largest absolute Gasteiger partial charge is 0.698 e. The molecule has 1 aromatic carbocycles. The van der Waals surface area contributed by atoms with Gasteiger partial charge in [0.05, 0.1) is 0 Å². The van der Waals surface area contributed by atoms with E-state index in [2.05, 4.69) is 4.98 Å². The summed E-state index contributed by atoms with van der Waals surface area (Å²) >= 11 is 0. The highest BCUT2D eigenvalue weighted by molar-refractivity contribution is 7.52. The van der Waals surface area contributed by atoms with Crippen molar-refractivity contribution >= 4 is 21.7 Å². The second-order valence-electron chi connectivity index (χ2n) is 6.57. The smallest absolute Gasteiger partial charge is 0.387 e. The van der Waals surface area contributed by atoms with Gasteiger partial charge in [-0.1, -0.05) is 34.9 Å². The number of hydrogen-bond donors (Lipinski definition) is 5. The maximum Gasteiger partial charge on any atom is 0.698 e. The summed E-state index contributed by atoms with van der Waals surface area (Å²) in [5.41, 5.74) is 4.68. The van der Waals surface area contributed by atoms with E-state index >= 15 is 0 Å². The fourth-order valence-corrected chi connectivity index (χ4v) is 4.79. The number of hydrogen-bond acceptors (Lipinski definition) is 10. The molecule has 0 saturated carbocycles. The van der Waals surface area contributed by atoms with Crippen LogP contribution in [0.5, 0.6) is 0 Å². The molecule has 15 heteroatoms. The first-order valence-corrected chi connectivity index (χ1v) is 11.6. The monoisotopic (exact) mass is 476 g/mol. The molecular weight excluding hydrogens is 456 g/mol. The van der Waals surface area contributed by atoms with Gasteiger partial charge in [-0.2, -0.15) is 4.98 Å². The Balaban J connectivity index is 1.64. The number of nitrogen functional groups attached to an aromatic ring is 1. The number of ether oxygens (including phenoxy) is 1. The van der Waals surface area contributed by atoms with Crippen LogP contribution in [0.15, 0.2) is 47.4 Å². The third-order valence-corrected chi connectivity index (χ3v) is 6.31. The molecule has 31 heavy (non-hydrogen) atoms. The molecule has 6 atom stereocenters. The van der Waals surface area contributed by atoms with Gasteiger partial charge in [0.2, 0.25) is 5.85 Å². The van der Waals surface area contributed by atoms with E-state index in [4.69, 9.17) is 19.5 Å². The number of aromatic nitrogens is 2. The van der Waals surface area contributed by atoms with Gasteiger partial charge < -0.3 is 30.5 Å². The zero-order chi connectivity index (χ0) is 22.8. The Bertz CT molecular complexity index is 1030. The van der Waals surface area contributed by atoms with Gasteiger partial charge in [0.25, 0.3) is 0 Å². The molecular formula is C16H20N3O10P2+. The summed E-state index contributed by atoms with van der Waals surface area (Å²) in [6.07, 6.45) is -4.37. The lowest BCUT2D eigenvalue weighted by atomic mass is 10.1. The van der Waals surface area contributed by atoms with Crippen molar-refractivity contribution in [3.05, 3.63) is 58.6 Å². The highest BCUT2D eigenvalue weighted by Gasteiger charge is 2.47. The van der Waals surface area contributed by atoms with E-state index in [9.17, 15) is 33.9 Å². The molecule has 1 saturated heterocycles. The number of aliphatic hydroxyl groups excluding tert-OH is 2. The summed E-state index contributed by atoms with van der Waals surface area (Å²) < 4.78 is 40.1. The van der Waals surface area contributed by atoms with E-state index < -0.39 is 58.5 Å². The van der Waals surface area contributed by atoms with Crippen molar-refractivity contribution in [2.45, 2.75) is 30.4 Å². The van der Waals surface area contributed by atoms with Crippen LogP contribution < -0.4 is 11.4 Å². The Morgan fingerprint density at radius 1 is 1.23 bits per heavy atom. The second-order valence-corrected chi connectivity index (χ2v) is 9.13. The predicted molar refractivity (Wildman–Crippen MR) is 105 cm³/mol. The molecule has 0 spiro atoms. The van der Waals surface area contributed by atoms with E-state index in [0.29, 0.717) is 0 Å². The number of nitrogens with zero attached hydrogens (tertiary/aromatic N) is 2. The van der Waals surface area contributed by atoms with Crippen LogP contribution in [-0.2, 0) is 22.9 Å². The van der Waals surface area contributed by atoms with Gasteiger partial charge in [0, 0.05) is 10.8 Å². The molecule has 168 valence electrons. The third kappa shape index (κ3) is 5.60. The van der Waals surface area contributed by atoms with Crippen LogP contribution >= 0.6 is 15.9 Å². The van der Waals surface area contributed by atoms with Crippen LogP contribution in [0.25, 0.3) is 0 Å². The van der Waals surface area contributed by atoms with Crippen molar-refractivity contribution in [1.29, 1.82) is 0 Å². The fraction of sp³-hybridized carbons (Fsp3) is 0.375. The average Bonchev–Trinajstić information content (AvgIpc) is 2.99. The lowest BCUT2D eigenvalue weighted by Crippen LogP contribution is -2.36. The number of rotatable bonds is 8. The highest BCUT2D eigenvalue weighted by atomic mass is 31.2. The Morgan fingerprint density at radius 2 is 1.90 bits per heavy atom. The second kappa shape index (κ2) is 9.61. The van der Waals surface area contributed by atoms with E-state index in [1.807, 2.05) is 0 Å². The maximum absolute atomic E-state index is 12.1. The third-order valence-electron chi connectivity index (χ3n) is 4.38. The topological polar surface area (TPSA) is 204 Å². The van der Waals surface area contributed by atoms with Gasteiger partial charge in [-0.3, -0.25) is 9.13 Å².